The minimum atomic E-state index is -0.629. The molecule has 1 amide bonds. The molecule has 20 heavy (non-hydrogen) atoms. The van der Waals surface area contributed by atoms with E-state index in [1.165, 1.54) is 7.11 Å². The van der Waals surface area contributed by atoms with Gasteiger partial charge in [0, 0.05) is 25.4 Å². The average Bonchev–Trinajstić information content (AvgIpc) is 2.52. The number of rotatable bonds is 4. The van der Waals surface area contributed by atoms with E-state index in [1.807, 2.05) is 12.1 Å². The predicted octanol–water partition coefficient (Wildman–Crippen LogP) is 0.415. The number of carbonyl (C=O) groups excluding carboxylic acids is 2. The molecular weight excluding hydrogens is 260 g/mol. The number of pyridine rings is 1. The Labute approximate surface area is 117 Å². The van der Waals surface area contributed by atoms with Crippen molar-refractivity contribution in [3.8, 4) is 0 Å². The van der Waals surface area contributed by atoms with Crippen LogP contribution in [-0.2, 0) is 25.5 Å². The van der Waals surface area contributed by atoms with Crippen molar-refractivity contribution in [1.29, 1.82) is 0 Å². The van der Waals surface area contributed by atoms with E-state index >= 15 is 0 Å². The number of ether oxygens (including phenoxy) is 2. The van der Waals surface area contributed by atoms with Crippen molar-refractivity contribution < 1.29 is 19.1 Å². The van der Waals surface area contributed by atoms with E-state index < -0.39 is 12.0 Å². The molecule has 0 radical (unpaired) electrons. The van der Waals surface area contributed by atoms with Gasteiger partial charge in [-0.2, -0.15) is 0 Å². The van der Waals surface area contributed by atoms with Crippen molar-refractivity contribution in [3.05, 3.63) is 30.1 Å². The quantitative estimate of drug-likeness (QED) is 0.746. The van der Waals surface area contributed by atoms with Crippen LogP contribution in [0.25, 0.3) is 0 Å². The second-order valence-corrected chi connectivity index (χ2v) is 4.56. The predicted molar refractivity (Wildman–Crippen MR) is 70.9 cm³/mol. The molecule has 1 aliphatic rings. The molecule has 1 fully saturated rings. The number of hydrogen-bond donors (Lipinski definition) is 0. The fourth-order valence-corrected chi connectivity index (χ4v) is 2.17. The molecule has 2 heterocycles. The molecular formula is C14H18N2O4. The zero-order chi connectivity index (χ0) is 14.4. The molecule has 1 atom stereocenters. The molecule has 1 aromatic rings. The van der Waals surface area contributed by atoms with Gasteiger partial charge in [0.25, 0.3) is 0 Å². The van der Waals surface area contributed by atoms with Crippen LogP contribution >= 0.6 is 0 Å². The zero-order valence-corrected chi connectivity index (χ0v) is 11.4. The maximum Gasteiger partial charge on any atom is 0.331 e. The summed E-state index contributed by atoms with van der Waals surface area (Å²) in [5, 5.41) is 0. The summed E-state index contributed by atoms with van der Waals surface area (Å²) in [6.45, 7) is 1.07. The van der Waals surface area contributed by atoms with Gasteiger partial charge in [-0.05, 0) is 18.1 Å². The van der Waals surface area contributed by atoms with E-state index in [-0.39, 0.29) is 12.5 Å². The van der Waals surface area contributed by atoms with E-state index in [9.17, 15) is 9.59 Å². The Kier molecular flexibility index (Phi) is 5.06. The van der Waals surface area contributed by atoms with Gasteiger partial charge in [-0.15, -0.1) is 0 Å². The van der Waals surface area contributed by atoms with Crippen molar-refractivity contribution >= 4 is 11.9 Å². The molecule has 108 valence electrons. The first kappa shape index (κ1) is 14.5. The number of hydrogen-bond acceptors (Lipinski definition) is 5. The lowest BCUT2D eigenvalue weighted by Crippen LogP contribution is -2.53. The number of esters is 1. The van der Waals surface area contributed by atoms with E-state index in [4.69, 9.17) is 9.47 Å². The molecule has 1 saturated heterocycles. The number of carbonyl (C=O) groups is 2. The normalized spacial score (nSPS) is 18.6. The summed E-state index contributed by atoms with van der Waals surface area (Å²) < 4.78 is 9.95. The number of nitrogens with zero attached hydrogens (tertiary/aromatic N) is 2. The number of methoxy groups -OCH3 is 1. The molecule has 1 aromatic heterocycles. The van der Waals surface area contributed by atoms with Gasteiger partial charge in [0.05, 0.1) is 20.3 Å². The maximum absolute atomic E-state index is 12.2. The van der Waals surface area contributed by atoms with E-state index in [1.54, 1.807) is 17.3 Å². The van der Waals surface area contributed by atoms with Crippen molar-refractivity contribution in [2.75, 3.05) is 26.9 Å². The summed E-state index contributed by atoms with van der Waals surface area (Å²) in [4.78, 5) is 29.5. The Bertz CT molecular complexity index is 464. The highest BCUT2D eigenvalue weighted by Gasteiger charge is 2.33. The topological polar surface area (TPSA) is 68.7 Å². The Hall–Kier alpha value is -1.95. The monoisotopic (exact) mass is 278 g/mol. The zero-order valence-electron chi connectivity index (χ0n) is 11.4. The molecule has 1 aliphatic heterocycles. The Balaban J connectivity index is 1.94. The van der Waals surface area contributed by atoms with E-state index in [2.05, 4.69) is 4.98 Å². The van der Waals surface area contributed by atoms with Crippen LogP contribution in [0.15, 0.2) is 24.5 Å². The van der Waals surface area contributed by atoms with E-state index in [0.29, 0.717) is 26.0 Å². The third-order valence-corrected chi connectivity index (χ3v) is 3.27. The minimum Gasteiger partial charge on any atom is -0.467 e. The molecule has 0 saturated carbocycles. The molecule has 6 heteroatoms. The van der Waals surface area contributed by atoms with Gasteiger partial charge in [0.1, 0.15) is 0 Å². The first-order chi connectivity index (χ1) is 9.72. The fourth-order valence-electron chi connectivity index (χ4n) is 2.17. The number of morpholine rings is 1. The number of aryl methyl sites for hydroxylation is 1. The van der Waals surface area contributed by atoms with E-state index in [0.717, 1.165) is 5.56 Å². The van der Waals surface area contributed by atoms with Gasteiger partial charge in [0.2, 0.25) is 5.91 Å². The second kappa shape index (κ2) is 7.00. The lowest BCUT2D eigenvalue weighted by Gasteiger charge is -2.33. The van der Waals surface area contributed by atoms with Gasteiger partial charge in [-0.25, -0.2) is 4.79 Å². The lowest BCUT2D eigenvalue weighted by atomic mass is 10.1. The smallest absolute Gasteiger partial charge is 0.331 e. The van der Waals surface area contributed by atoms with Gasteiger partial charge in [0.15, 0.2) is 6.04 Å². The van der Waals surface area contributed by atoms with Crippen LogP contribution in [0, 0.1) is 0 Å². The summed E-state index contributed by atoms with van der Waals surface area (Å²) >= 11 is 0. The lowest BCUT2D eigenvalue weighted by molar-refractivity contribution is -0.160. The first-order valence-corrected chi connectivity index (χ1v) is 6.56. The Morgan fingerprint density at radius 1 is 1.55 bits per heavy atom. The van der Waals surface area contributed by atoms with Gasteiger partial charge in [-0.3, -0.25) is 9.78 Å². The highest BCUT2D eigenvalue weighted by Crippen LogP contribution is 2.12. The van der Waals surface area contributed by atoms with Gasteiger partial charge >= 0.3 is 5.97 Å². The molecule has 0 aliphatic carbocycles. The van der Waals surface area contributed by atoms with Crippen LogP contribution in [0.5, 0.6) is 0 Å². The summed E-state index contributed by atoms with van der Waals surface area (Å²) in [6, 6.07) is 3.14. The first-order valence-electron chi connectivity index (χ1n) is 6.56. The van der Waals surface area contributed by atoms with Crippen molar-refractivity contribution in [3.63, 3.8) is 0 Å². The number of amides is 1. The summed E-state index contributed by atoms with van der Waals surface area (Å²) in [7, 11) is 1.31. The maximum atomic E-state index is 12.2. The van der Waals surface area contributed by atoms with Crippen LogP contribution in [0.2, 0.25) is 0 Å². The summed E-state index contributed by atoms with van der Waals surface area (Å²) in [5.74, 6) is -0.494. The van der Waals surface area contributed by atoms with Gasteiger partial charge < -0.3 is 14.4 Å². The fraction of sp³-hybridized carbons (Fsp3) is 0.500. The summed E-state index contributed by atoms with van der Waals surface area (Å²) in [6.07, 6.45) is 4.39. The highest BCUT2D eigenvalue weighted by molar-refractivity contribution is 5.85. The molecule has 0 bridgehead atoms. The standard InChI is InChI=1S/C14H18N2O4/c1-19-14(18)12-10-20-8-7-16(12)13(17)5-4-11-3-2-6-15-9-11/h2-3,6,9,12H,4-5,7-8,10H2,1H3. The Morgan fingerprint density at radius 2 is 2.40 bits per heavy atom. The van der Waals surface area contributed by atoms with Crippen molar-refractivity contribution in [2.45, 2.75) is 18.9 Å². The third-order valence-electron chi connectivity index (χ3n) is 3.27. The molecule has 6 nitrogen and oxygen atoms in total. The van der Waals surface area contributed by atoms with Crippen LogP contribution in [0.1, 0.15) is 12.0 Å². The number of aromatic nitrogens is 1. The second-order valence-electron chi connectivity index (χ2n) is 4.56. The molecule has 1 unspecified atom stereocenters. The minimum absolute atomic E-state index is 0.0625. The van der Waals surface area contributed by atoms with Crippen molar-refractivity contribution in [1.82, 2.24) is 9.88 Å². The summed E-state index contributed by atoms with van der Waals surface area (Å²) in [5.41, 5.74) is 1.00. The highest BCUT2D eigenvalue weighted by atomic mass is 16.5. The largest absolute Gasteiger partial charge is 0.467 e. The average molecular weight is 278 g/mol. The Morgan fingerprint density at radius 3 is 3.10 bits per heavy atom. The van der Waals surface area contributed by atoms with Crippen LogP contribution in [0.3, 0.4) is 0 Å². The third kappa shape index (κ3) is 3.54. The molecule has 2 rings (SSSR count). The van der Waals surface area contributed by atoms with Crippen LogP contribution in [0.4, 0.5) is 0 Å². The van der Waals surface area contributed by atoms with Crippen molar-refractivity contribution in [2.24, 2.45) is 0 Å². The van der Waals surface area contributed by atoms with Crippen LogP contribution < -0.4 is 0 Å². The molecule has 0 aromatic carbocycles. The SMILES string of the molecule is COC(=O)C1COCCN1C(=O)CCc1cccnc1. The molecule has 0 N–H and O–H groups in total. The van der Waals surface area contributed by atoms with Crippen LogP contribution in [-0.4, -0.2) is 54.7 Å². The molecule has 0 spiro atoms. The van der Waals surface area contributed by atoms with Gasteiger partial charge in [-0.1, -0.05) is 6.07 Å².